The van der Waals surface area contributed by atoms with Crippen molar-refractivity contribution in [3.63, 3.8) is 0 Å². The number of nitrogens with two attached hydrogens (primary N) is 1. The lowest BCUT2D eigenvalue weighted by Gasteiger charge is -2.14. The predicted octanol–water partition coefficient (Wildman–Crippen LogP) is 0.337. The second-order valence-electron chi connectivity index (χ2n) is 3.97. The van der Waals surface area contributed by atoms with Gasteiger partial charge in [-0.25, -0.2) is 8.42 Å². The predicted molar refractivity (Wildman–Crippen MR) is 71.6 cm³/mol. The third kappa shape index (κ3) is 4.80. The lowest BCUT2D eigenvalue weighted by Crippen LogP contribution is -2.41. The van der Waals surface area contributed by atoms with E-state index < -0.39 is 27.9 Å². The van der Waals surface area contributed by atoms with Crippen molar-refractivity contribution in [2.45, 2.75) is 23.8 Å². The van der Waals surface area contributed by atoms with Gasteiger partial charge in [-0.3, -0.25) is 9.59 Å². The first-order chi connectivity index (χ1) is 9.22. The molecular formula is C11H13ClN2O5S. The minimum atomic E-state index is -4.01. The number of nitrogens with one attached hydrogen (secondary N) is 1. The molecule has 1 rings (SSSR count). The Morgan fingerprint density at radius 3 is 2.30 bits per heavy atom. The lowest BCUT2D eigenvalue weighted by atomic mass is 10.2. The van der Waals surface area contributed by atoms with Gasteiger partial charge in [-0.15, -0.1) is 0 Å². The van der Waals surface area contributed by atoms with Crippen molar-refractivity contribution >= 4 is 33.5 Å². The van der Waals surface area contributed by atoms with Crippen LogP contribution in [0.1, 0.15) is 12.8 Å². The first-order valence-corrected chi connectivity index (χ1v) is 7.37. The second-order valence-corrected chi connectivity index (χ2v) is 6.12. The molecule has 110 valence electrons. The summed E-state index contributed by atoms with van der Waals surface area (Å²) in [6.07, 6.45) is -0.461. The molecule has 1 atom stereocenters. The van der Waals surface area contributed by atoms with Crippen LogP contribution in [-0.4, -0.2) is 31.4 Å². The Hall–Kier alpha value is -1.64. The minimum Gasteiger partial charge on any atom is -0.480 e. The van der Waals surface area contributed by atoms with Crippen molar-refractivity contribution in [2.75, 3.05) is 0 Å². The molecule has 0 spiro atoms. The number of halogens is 1. The fraction of sp³-hybridized carbons (Fsp3) is 0.273. The number of carboxylic acid groups (broad SMARTS) is 1. The van der Waals surface area contributed by atoms with Gasteiger partial charge in [0, 0.05) is 11.4 Å². The molecule has 0 aliphatic heterocycles. The Balaban J connectivity index is 2.88. The highest BCUT2D eigenvalue weighted by molar-refractivity contribution is 7.89. The Morgan fingerprint density at radius 1 is 1.30 bits per heavy atom. The van der Waals surface area contributed by atoms with Crippen molar-refractivity contribution < 1.29 is 23.1 Å². The van der Waals surface area contributed by atoms with Crippen molar-refractivity contribution in [3.8, 4) is 0 Å². The third-order valence-corrected chi connectivity index (χ3v) is 4.14. The van der Waals surface area contributed by atoms with Crippen LogP contribution in [0.3, 0.4) is 0 Å². The molecule has 7 nitrogen and oxygen atoms in total. The Bertz CT molecular complexity index is 600. The molecule has 0 radical (unpaired) electrons. The molecule has 0 fully saturated rings. The molecule has 0 saturated carbocycles. The highest BCUT2D eigenvalue weighted by atomic mass is 35.5. The topological polar surface area (TPSA) is 127 Å². The van der Waals surface area contributed by atoms with Crippen LogP contribution in [-0.2, 0) is 19.6 Å². The molecule has 0 saturated heterocycles. The largest absolute Gasteiger partial charge is 0.480 e. The summed E-state index contributed by atoms with van der Waals surface area (Å²) in [6, 6.07) is 3.81. The van der Waals surface area contributed by atoms with E-state index in [0.29, 0.717) is 5.02 Å². The van der Waals surface area contributed by atoms with E-state index in [2.05, 4.69) is 0 Å². The van der Waals surface area contributed by atoms with Crippen LogP contribution in [0.4, 0.5) is 0 Å². The molecule has 0 aliphatic rings. The van der Waals surface area contributed by atoms with E-state index in [1.165, 1.54) is 24.3 Å². The Kier molecular flexibility index (Phi) is 5.49. The van der Waals surface area contributed by atoms with Gasteiger partial charge < -0.3 is 10.8 Å². The van der Waals surface area contributed by atoms with Gasteiger partial charge >= 0.3 is 5.97 Å². The van der Waals surface area contributed by atoms with Crippen LogP contribution in [0.2, 0.25) is 5.02 Å². The molecule has 0 unspecified atom stereocenters. The number of benzene rings is 1. The van der Waals surface area contributed by atoms with Crippen LogP contribution in [0.25, 0.3) is 0 Å². The highest BCUT2D eigenvalue weighted by Crippen LogP contribution is 2.15. The summed E-state index contributed by atoms with van der Waals surface area (Å²) in [5.74, 6) is -2.09. The van der Waals surface area contributed by atoms with Gasteiger partial charge in [0.05, 0.1) is 4.90 Å². The number of primary amides is 1. The van der Waals surface area contributed by atoms with E-state index in [9.17, 15) is 18.0 Å². The summed E-state index contributed by atoms with van der Waals surface area (Å²) in [7, 11) is -4.01. The van der Waals surface area contributed by atoms with Crippen LogP contribution < -0.4 is 10.5 Å². The maximum atomic E-state index is 12.0. The first-order valence-electron chi connectivity index (χ1n) is 5.51. The summed E-state index contributed by atoms with van der Waals surface area (Å²) in [5, 5.41) is 9.29. The van der Waals surface area contributed by atoms with E-state index in [0.717, 1.165) is 0 Å². The van der Waals surface area contributed by atoms with E-state index in [4.69, 9.17) is 22.4 Å². The molecule has 0 bridgehead atoms. The maximum Gasteiger partial charge on any atom is 0.321 e. The number of carbonyl (C=O) groups excluding carboxylic acids is 1. The number of hydrogen-bond donors (Lipinski definition) is 3. The molecule has 1 amide bonds. The average Bonchev–Trinajstić information content (AvgIpc) is 2.34. The fourth-order valence-electron chi connectivity index (χ4n) is 1.39. The zero-order chi connectivity index (χ0) is 15.3. The lowest BCUT2D eigenvalue weighted by molar-refractivity contribution is -0.139. The number of aliphatic carboxylic acids is 1. The SMILES string of the molecule is NC(=O)CC[C@@H](NS(=O)(=O)c1ccc(Cl)cc1)C(=O)O. The second kappa shape index (κ2) is 6.69. The van der Waals surface area contributed by atoms with Crippen LogP contribution in [0, 0.1) is 0 Å². The maximum absolute atomic E-state index is 12.0. The van der Waals surface area contributed by atoms with Gasteiger partial charge in [-0.05, 0) is 30.7 Å². The smallest absolute Gasteiger partial charge is 0.321 e. The molecule has 0 aliphatic carbocycles. The molecule has 20 heavy (non-hydrogen) atoms. The zero-order valence-corrected chi connectivity index (χ0v) is 11.8. The number of sulfonamides is 1. The van der Waals surface area contributed by atoms with Gasteiger partial charge in [-0.1, -0.05) is 11.6 Å². The van der Waals surface area contributed by atoms with E-state index >= 15 is 0 Å². The number of rotatable bonds is 7. The van der Waals surface area contributed by atoms with Crippen molar-refractivity contribution in [1.82, 2.24) is 4.72 Å². The Labute approximate surface area is 120 Å². The quantitative estimate of drug-likeness (QED) is 0.667. The first kappa shape index (κ1) is 16.4. The standard InChI is InChI=1S/C11H13ClN2O5S/c12-7-1-3-8(4-2-7)20(18,19)14-9(11(16)17)5-6-10(13)15/h1-4,9,14H,5-6H2,(H2,13,15)(H,16,17)/t9-/m1/s1. The number of carbonyl (C=O) groups is 2. The summed E-state index contributed by atoms with van der Waals surface area (Å²) >= 11 is 5.64. The molecule has 0 aromatic heterocycles. The molecule has 1 aromatic carbocycles. The van der Waals surface area contributed by atoms with Crippen molar-refractivity contribution in [2.24, 2.45) is 5.73 Å². The number of carboxylic acids is 1. The van der Waals surface area contributed by atoms with E-state index in [1.54, 1.807) is 0 Å². The molecule has 4 N–H and O–H groups in total. The highest BCUT2D eigenvalue weighted by Gasteiger charge is 2.25. The third-order valence-electron chi connectivity index (χ3n) is 2.40. The zero-order valence-electron chi connectivity index (χ0n) is 10.2. The van der Waals surface area contributed by atoms with Crippen molar-refractivity contribution in [3.05, 3.63) is 29.3 Å². The molecule has 9 heteroatoms. The number of hydrogen-bond acceptors (Lipinski definition) is 4. The van der Waals surface area contributed by atoms with Gasteiger partial charge in [0.15, 0.2) is 0 Å². The van der Waals surface area contributed by atoms with Gasteiger partial charge in [0.1, 0.15) is 6.04 Å². The fourth-order valence-corrected chi connectivity index (χ4v) is 2.74. The van der Waals surface area contributed by atoms with Crippen LogP contribution in [0.5, 0.6) is 0 Å². The van der Waals surface area contributed by atoms with Gasteiger partial charge in [-0.2, -0.15) is 4.72 Å². The normalized spacial score (nSPS) is 12.8. The average molecular weight is 321 g/mol. The summed E-state index contributed by atoms with van der Waals surface area (Å²) in [5.41, 5.74) is 4.91. The molecule has 1 aromatic rings. The monoisotopic (exact) mass is 320 g/mol. The van der Waals surface area contributed by atoms with Crippen LogP contribution >= 0.6 is 11.6 Å². The van der Waals surface area contributed by atoms with Gasteiger partial charge in [0.25, 0.3) is 0 Å². The summed E-state index contributed by atoms with van der Waals surface area (Å²) < 4.78 is 25.9. The van der Waals surface area contributed by atoms with E-state index in [-0.39, 0.29) is 17.7 Å². The van der Waals surface area contributed by atoms with Crippen molar-refractivity contribution in [1.29, 1.82) is 0 Å². The molecular weight excluding hydrogens is 308 g/mol. The van der Waals surface area contributed by atoms with E-state index in [1.807, 2.05) is 4.72 Å². The van der Waals surface area contributed by atoms with Gasteiger partial charge in [0.2, 0.25) is 15.9 Å². The Morgan fingerprint density at radius 2 is 1.85 bits per heavy atom. The number of amides is 1. The molecule has 0 heterocycles. The minimum absolute atomic E-state index is 0.118. The summed E-state index contributed by atoms with van der Waals surface area (Å²) in [4.78, 5) is 21.5. The summed E-state index contributed by atoms with van der Waals surface area (Å²) in [6.45, 7) is 0. The van der Waals surface area contributed by atoms with Crippen LogP contribution in [0.15, 0.2) is 29.2 Å².